The van der Waals surface area contributed by atoms with Gasteiger partial charge in [0.2, 0.25) is 0 Å². The van der Waals surface area contributed by atoms with Crippen LogP contribution in [0, 0.1) is 0 Å². The number of phosphoric ester groups is 1. The Kier molecular flexibility index (Phi) is 7.20. The van der Waals surface area contributed by atoms with Crippen molar-refractivity contribution >= 4 is 19.6 Å². The van der Waals surface area contributed by atoms with Crippen molar-refractivity contribution in [1.29, 1.82) is 0 Å². The van der Waals surface area contributed by atoms with Crippen LogP contribution in [0.15, 0.2) is 30.3 Å². The summed E-state index contributed by atoms with van der Waals surface area (Å²) in [6, 6.07) is 7.48. The van der Waals surface area contributed by atoms with Crippen molar-refractivity contribution in [3.63, 3.8) is 0 Å². The van der Waals surface area contributed by atoms with E-state index in [2.05, 4.69) is 9.84 Å². The summed E-state index contributed by atoms with van der Waals surface area (Å²) in [7, 11) is -4.78. The van der Waals surface area contributed by atoms with Crippen molar-refractivity contribution < 1.29 is 28.5 Å². The lowest BCUT2D eigenvalue weighted by molar-refractivity contribution is 0.0688. The third kappa shape index (κ3) is 7.33. The van der Waals surface area contributed by atoms with Gasteiger partial charge in [-0.2, -0.15) is 0 Å². The third-order valence-corrected chi connectivity index (χ3v) is 3.34. The van der Waals surface area contributed by atoms with E-state index in [1.165, 1.54) is 0 Å². The zero-order chi connectivity index (χ0) is 16.6. The SMILES string of the molecule is NC(=O)NCCCCC(OP(=O)(O)O)C(=O)c1ccccc1. The molecule has 9 heteroatoms. The maximum absolute atomic E-state index is 12.2. The number of nitrogens with two attached hydrogens (primary N) is 1. The molecule has 1 atom stereocenters. The Morgan fingerprint density at radius 2 is 1.86 bits per heavy atom. The second kappa shape index (κ2) is 8.65. The first kappa shape index (κ1) is 18.3. The summed E-state index contributed by atoms with van der Waals surface area (Å²) in [5.41, 5.74) is 5.23. The smallest absolute Gasteiger partial charge is 0.352 e. The molecule has 0 aliphatic carbocycles. The number of phosphoric acid groups is 1. The Bertz CT molecular complexity index is 545. The monoisotopic (exact) mass is 330 g/mol. The second-order valence-corrected chi connectivity index (χ2v) is 5.79. The topological polar surface area (TPSA) is 139 Å². The number of rotatable bonds is 9. The van der Waals surface area contributed by atoms with Crippen LogP contribution in [0.2, 0.25) is 0 Å². The number of unbranched alkanes of at least 4 members (excludes halogenated alkanes) is 1. The number of carbonyl (C=O) groups excluding carboxylic acids is 2. The molecule has 0 saturated carbocycles. The molecule has 0 bridgehead atoms. The molecule has 122 valence electrons. The van der Waals surface area contributed by atoms with Gasteiger partial charge >= 0.3 is 13.9 Å². The highest BCUT2D eigenvalue weighted by Crippen LogP contribution is 2.39. The zero-order valence-electron chi connectivity index (χ0n) is 11.8. The van der Waals surface area contributed by atoms with Crippen molar-refractivity contribution in [3.8, 4) is 0 Å². The van der Waals surface area contributed by atoms with Crippen molar-refractivity contribution in [2.75, 3.05) is 6.54 Å². The molecular weight excluding hydrogens is 311 g/mol. The van der Waals surface area contributed by atoms with Crippen molar-refractivity contribution in [2.24, 2.45) is 5.73 Å². The highest BCUT2D eigenvalue weighted by Gasteiger charge is 2.28. The van der Waals surface area contributed by atoms with Gasteiger partial charge in [-0.05, 0) is 19.3 Å². The summed E-state index contributed by atoms with van der Waals surface area (Å²) in [4.78, 5) is 40.6. The fourth-order valence-electron chi connectivity index (χ4n) is 1.85. The molecule has 0 radical (unpaired) electrons. The van der Waals surface area contributed by atoms with Gasteiger partial charge in [-0.25, -0.2) is 9.36 Å². The summed E-state index contributed by atoms with van der Waals surface area (Å²) in [5.74, 6) is -0.494. The minimum Gasteiger partial charge on any atom is -0.352 e. The Morgan fingerprint density at radius 1 is 1.23 bits per heavy atom. The van der Waals surface area contributed by atoms with Crippen LogP contribution < -0.4 is 11.1 Å². The predicted octanol–water partition coefficient (Wildman–Crippen LogP) is 1.19. The minimum atomic E-state index is -4.78. The lowest BCUT2D eigenvalue weighted by atomic mass is 10.0. The van der Waals surface area contributed by atoms with E-state index in [1.54, 1.807) is 30.3 Å². The molecule has 1 aromatic rings. The van der Waals surface area contributed by atoms with Crippen LogP contribution in [-0.4, -0.2) is 34.2 Å². The fourth-order valence-corrected chi connectivity index (χ4v) is 2.38. The fraction of sp³-hybridized carbons (Fsp3) is 0.385. The van der Waals surface area contributed by atoms with Gasteiger partial charge in [-0.1, -0.05) is 30.3 Å². The van der Waals surface area contributed by atoms with Crippen LogP contribution in [-0.2, 0) is 9.09 Å². The largest absolute Gasteiger partial charge is 0.470 e. The zero-order valence-corrected chi connectivity index (χ0v) is 12.7. The molecule has 0 aliphatic heterocycles. The molecule has 0 spiro atoms. The molecule has 22 heavy (non-hydrogen) atoms. The third-order valence-electron chi connectivity index (χ3n) is 2.81. The van der Waals surface area contributed by atoms with Gasteiger partial charge in [0.25, 0.3) is 0 Å². The van der Waals surface area contributed by atoms with Gasteiger partial charge in [-0.15, -0.1) is 0 Å². The molecule has 0 heterocycles. The van der Waals surface area contributed by atoms with Gasteiger partial charge in [0, 0.05) is 12.1 Å². The van der Waals surface area contributed by atoms with Crippen LogP contribution in [0.1, 0.15) is 29.6 Å². The quantitative estimate of drug-likeness (QED) is 0.305. The van der Waals surface area contributed by atoms with E-state index in [0.717, 1.165) is 0 Å². The van der Waals surface area contributed by atoms with E-state index >= 15 is 0 Å². The van der Waals surface area contributed by atoms with Crippen LogP contribution in [0.5, 0.6) is 0 Å². The number of benzene rings is 1. The van der Waals surface area contributed by atoms with E-state index in [9.17, 15) is 14.2 Å². The van der Waals surface area contributed by atoms with Crippen molar-refractivity contribution in [2.45, 2.75) is 25.4 Å². The summed E-state index contributed by atoms with van der Waals surface area (Å²) in [5, 5.41) is 2.39. The first-order valence-electron chi connectivity index (χ1n) is 6.66. The number of hydrogen-bond donors (Lipinski definition) is 4. The summed E-state index contributed by atoms with van der Waals surface area (Å²) < 4.78 is 15.6. The molecule has 0 fully saturated rings. The lowest BCUT2D eigenvalue weighted by Gasteiger charge is -2.17. The molecular formula is C13H19N2O6P. The maximum Gasteiger partial charge on any atom is 0.470 e. The second-order valence-electron chi connectivity index (χ2n) is 4.60. The summed E-state index contributed by atoms with van der Waals surface area (Å²) in [6.45, 7) is 0.317. The van der Waals surface area contributed by atoms with E-state index in [0.29, 0.717) is 24.9 Å². The number of hydrogen-bond acceptors (Lipinski definition) is 4. The molecule has 1 unspecified atom stereocenters. The molecule has 0 aliphatic rings. The highest BCUT2D eigenvalue weighted by molar-refractivity contribution is 7.46. The first-order chi connectivity index (χ1) is 10.3. The summed E-state index contributed by atoms with van der Waals surface area (Å²) in [6.07, 6.45) is -0.175. The molecule has 1 aromatic carbocycles. The van der Waals surface area contributed by atoms with Crippen LogP contribution >= 0.6 is 7.82 Å². The number of ketones is 1. The van der Waals surface area contributed by atoms with Gasteiger partial charge in [-0.3, -0.25) is 9.32 Å². The molecule has 0 aromatic heterocycles. The summed E-state index contributed by atoms with van der Waals surface area (Å²) >= 11 is 0. The van der Waals surface area contributed by atoms with E-state index in [1.807, 2.05) is 0 Å². The average molecular weight is 330 g/mol. The van der Waals surface area contributed by atoms with Gasteiger partial charge in [0.1, 0.15) is 6.10 Å². The molecule has 2 amide bonds. The Hall–Kier alpha value is -1.73. The molecule has 5 N–H and O–H groups in total. The van der Waals surface area contributed by atoms with E-state index in [4.69, 9.17) is 15.5 Å². The Balaban J connectivity index is 2.62. The number of primary amides is 1. The van der Waals surface area contributed by atoms with Gasteiger partial charge in [0.15, 0.2) is 5.78 Å². The minimum absolute atomic E-state index is 0.124. The van der Waals surface area contributed by atoms with Crippen LogP contribution in [0.3, 0.4) is 0 Å². The number of Topliss-reactive ketones (excluding diaryl/α,β-unsaturated/α-hetero) is 1. The van der Waals surface area contributed by atoms with Gasteiger partial charge in [0.05, 0.1) is 0 Å². The normalized spacial score (nSPS) is 12.6. The van der Waals surface area contributed by atoms with Gasteiger partial charge < -0.3 is 20.8 Å². The maximum atomic E-state index is 12.2. The molecule has 8 nitrogen and oxygen atoms in total. The number of amides is 2. The van der Waals surface area contributed by atoms with E-state index < -0.39 is 25.7 Å². The van der Waals surface area contributed by atoms with Crippen LogP contribution in [0.4, 0.5) is 4.79 Å². The van der Waals surface area contributed by atoms with Crippen molar-refractivity contribution in [3.05, 3.63) is 35.9 Å². The lowest BCUT2D eigenvalue weighted by Crippen LogP contribution is -2.30. The van der Waals surface area contributed by atoms with Crippen LogP contribution in [0.25, 0.3) is 0 Å². The number of carbonyl (C=O) groups is 2. The van der Waals surface area contributed by atoms with E-state index in [-0.39, 0.29) is 6.42 Å². The molecule has 1 rings (SSSR count). The van der Waals surface area contributed by atoms with Crippen molar-refractivity contribution in [1.82, 2.24) is 5.32 Å². The molecule has 0 saturated heterocycles. The average Bonchev–Trinajstić information content (AvgIpc) is 2.44. The standard InChI is InChI=1S/C13H19N2O6P/c14-13(17)15-9-5-4-8-11(21-22(18,19)20)12(16)10-6-2-1-3-7-10/h1-3,6-7,11H,4-5,8-9H2,(H3,14,15,17)(H2,18,19,20). The predicted molar refractivity (Wildman–Crippen MR) is 79.1 cm³/mol. The Labute approximate surface area is 127 Å². The Morgan fingerprint density at radius 3 is 2.41 bits per heavy atom. The number of nitrogens with one attached hydrogen (secondary N) is 1. The highest BCUT2D eigenvalue weighted by atomic mass is 31.2. The first-order valence-corrected chi connectivity index (χ1v) is 8.19. The number of urea groups is 1.